The first kappa shape index (κ1) is 23.0. The summed E-state index contributed by atoms with van der Waals surface area (Å²) >= 11 is 10.6. The Bertz CT molecular complexity index is 390. The Morgan fingerprint density at radius 3 is 2.43 bits per heavy atom. The van der Waals surface area contributed by atoms with Gasteiger partial charge in [0, 0.05) is 24.9 Å². The minimum atomic E-state index is -0.227. The van der Waals surface area contributed by atoms with Crippen molar-refractivity contribution in [1.82, 2.24) is 10.2 Å². The van der Waals surface area contributed by atoms with Crippen LogP contribution in [-0.4, -0.2) is 59.9 Å². The number of hydrogen-bond acceptors (Lipinski definition) is 6. The monoisotopic (exact) mass is 443 g/mol. The maximum atomic E-state index is 11.3. The third kappa shape index (κ3) is 8.63. The Labute approximate surface area is 160 Å². The molecule has 131 valence electrons. The second kappa shape index (κ2) is 12.4. The van der Waals surface area contributed by atoms with Gasteiger partial charge in [0.25, 0.3) is 0 Å². The van der Waals surface area contributed by atoms with Crippen LogP contribution in [0.4, 0.5) is 0 Å². The molecule has 0 aliphatic heterocycles. The molecule has 0 spiro atoms. The number of rotatable bonds is 9. The summed E-state index contributed by atoms with van der Waals surface area (Å²) in [6, 6.07) is 0. The predicted molar refractivity (Wildman–Crippen MR) is 89.8 cm³/mol. The van der Waals surface area contributed by atoms with E-state index in [0.29, 0.717) is 24.8 Å². The number of nitrogens with zero attached hydrogens (tertiary/aromatic N) is 2. The van der Waals surface area contributed by atoms with E-state index in [9.17, 15) is 9.59 Å². The molecule has 1 fully saturated rings. The topological polar surface area (TPSA) is 80.6 Å². The molecule has 1 rings (SSSR count). The molecule has 1 aliphatic rings. The molecule has 1 N–H and O–H groups in total. The van der Waals surface area contributed by atoms with Gasteiger partial charge in [0.05, 0.1) is 0 Å². The Balaban J connectivity index is 0.00000232. The molecule has 0 aromatic rings. The molecule has 1 unspecified atom stereocenters. The average molecular weight is 444 g/mol. The molecular weight excluding hydrogens is 420 g/mol. The first-order valence-electron chi connectivity index (χ1n) is 7.44. The van der Waals surface area contributed by atoms with Gasteiger partial charge in [-0.15, -0.1) is 12.3 Å². The molecule has 0 radical (unpaired) electrons. The van der Waals surface area contributed by atoms with E-state index in [1.54, 1.807) is 6.92 Å². The van der Waals surface area contributed by atoms with E-state index in [2.05, 4.69) is 35.1 Å². The number of hydrogen-bond donors (Lipinski definition) is 1. The van der Waals surface area contributed by atoms with Crippen molar-refractivity contribution in [2.24, 2.45) is 5.92 Å². The van der Waals surface area contributed by atoms with Gasteiger partial charge in [-0.3, -0.25) is 4.79 Å². The maximum absolute atomic E-state index is 11.3. The number of carbonyl (C=O) groups is 2. The van der Waals surface area contributed by atoms with Gasteiger partial charge >= 0.3 is 22.4 Å². The zero-order valence-electron chi connectivity index (χ0n) is 13.5. The fraction of sp³-hybridized carbons (Fsp3) is 0.857. The van der Waals surface area contributed by atoms with Gasteiger partial charge in [0.15, 0.2) is 0 Å². The summed E-state index contributed by atoms with van der Waals surface area (Å²) in [5, 5.41) is 6.97. The van der Waals surface area contributed by atoms with Gasteiger partial charge in [-0.2, -0.15) is 5.75 Å². The predicted octanol–water partition coefficient (Wildman–Crippen LogP) is 0.466. The first-order chi connectivity index (χ1) is 10.9. The van der Waals surface area contributed by atoms with E-state index in [0.717, 1.165) is 44.8 Å². The van der Waals surface area contributed by atoms with Crippen molar-refractivity contribution in [2.75, 3.05) is 37.7 Å². The molecule has 1 saturated carbocycles. The third-order valence-corrected chi connectivity index (χ3v) is 4.52. The SMILES string of the molecule is CC(=O)N[C@@]1(C)CCC1CN(CC[S-])CC[N-]C(=O)C[S-].[O]=[Tc+4]. The molecule has 0 saturated heterocycles. The van der Waals surface area contributed by atoms with Crippen LogP contribution in [0.5, 0.6) is 0 Å². The van der Waals surface area contributed by atoms with Crippen LogP contribution in [0, 0.1) is 5.92 Å². The normalized spacial score (nSPS) is 22.7. The summed E-state index contributed by atoms with van der Waals surface area (Å²) in [5.41, 5.74) is -0.112. The number of nitrogens with one attached hydrogen (secondary N) is 1. The Morgan fingerprint density at radius 1 is 1.35 bits per heavy atom. The summed E-state index contributed by atoms with van der Waals surface area (Å²) in [7, 11) is 0. The Hall–Kier alpha value is 0.0494. The molecule has 2 amide bonds. The summed E-state index contributed by atoms with van der Waals surface area (Å²) in [6.07, 6.45) is 2.12. The third-order valence-electron chi connectivity index (χ3n) is 4.09. The van der Waals surface area contributed by atoms with Gasteiger partial charge < -0.3 is 45.6 Å². The molecule has 2 atom stereocenters. The first-order valence-corrected chi connectivity index (χ1v) is 9.35. The van der Waals surface area contributed by atoms with Crippen LogP contribution in [0.1, 0.15) is 26.7 Å². The fourth-order valence-corrected chi connectivity index (χ4v) is 3.09. The summed E-state index contributed by atoms with van der Waals surface area (Å²) in [4.78, 5) is 24.6. The van der Waals surface area contributed by atoms with Crippen molar-refractivity contribution < 1.29 is 31.9 Å². The van der Waals surface area contributed by atoms with E-state index in [-0.39, 0.29) is 23.1 Å². The Kier molecular flexibility index (Phi) is 12.4. The van der Waals surface area contributed by atoms with Crippen molar-refractivity contribution in [3.63, 3.8) is 0 Å². The van der Waals surface area contributed by atoms with Crippen molar-refractivity contribution in [2.45, 2.75) is 32.2 Å². The van der Waals surface area contributed by atoms with Crippen LogP contribution in [0.2, 0.25) is 0 Å². The van der Waals surface area contributed by atoms with Gasteiger partial charge in [-0.25, -0.2) is 0 Å². The fourth-order valence-electron chi connectivity index (χ4n) is 2.74. The van der Waals surface area contributed by atoms with Gasteiger partial charge in [-0.05, 0) is 38.8 Å². The van der Waals surface area contributed by atoms with Crippen LogP contribution >= 0.6 is 0 Å². The van der Waals surface area contributed by atoms with Gasteiger partial charge in [0.1, 0.15) is 0 Å². The van der Waals surface area contributed by atoms with E-state index in [1.165, 1.54) is 0 Å². The van der Waals surface area contributed by atoms with Crippen molar-refractivity contribution in [3.05, 3.63) is 5.32 Å². The molecule has 0 bridgehead atoms. The number of carbonyl (C=O) groups excluding carboxylic acids is 2. The van der Waals surface area contributed by atoms with E-state index in [1.807, 2.05) is 0 Å². The zero-order chi connectivity index (χ0) is 17.9. The van der Waals surface area contributed by atoms with Crippen LogP contribution in [0.15, 0.2) is 0 Å². The molecule has 1 aliphatic carbocycles. The van der Waals surface area contributed by atoms with Crippen LogP contribution in [0.3, 0.4) is 0 Å². The van der Waals surface area contributed by atoms with Crippen molar-refractivity contribution in [3.8, 4) is 0 Å². The standard InChI is InChI=1S/C14H27N3O2S2.O.Tc/c1-11(18)16-14(2)4-3-12(14)9-17(7-8-20)6-5-15-13(19)10-21;;/h12H,3-10H2,1-2H3,(H4,15,16,18,19,20,21);;/q;;+4/p-3/t12?,14-;;/m0../s1. The van der Waals surface area contributed by atoms with Crippen LogP contribution in [-0.2, 0) is 57.2 Å². The van der Waals surface area contributed by atoms with E-state index >= 15 is 0 Å². The molecule has 0 aromatic carbocycles. The average Bonchev–Trinajstić information content (AvgIpc) is 2.52. The van der Waals surface area contributed by atoms with Crippen molar-refractivity contribution in [1.29, 1.82) is 0 Å². The second-order valence-electron chi connectivity index (χ2n) is 5.76. The summed E-state index contributed by atoms with van der Waals surface area (Å²) < 4.78 is 8.22. The molecule has 6 nitrogen and oxygen atoms in total. The summed E-state index contributed by atoms with van der Waals surface area (Å²) in [6.45, 7) is 6.52. The molecule has 0 heterocycles. The minimum absolute atomic E-state index is 0.0167. The van der Waals surface area contributed by atoms with Crippen LogP contribution < -0.4 is 5.32 Å². The number of amides is 2. The molecule has 23 heavy (non-hydrogen) atoms. The van der Waals surface area contributed by atoms with E-state index in [4.69, 9.17) is 16.1 Å². The van der Waals surface area contributed by atoms with Crippen molar-refractivity contribution >= 4 is 37.1 Å². The quantitative estimate of drug-likeness (QED) is 0.521. The van der Waals surface area contributed by atoms with Gasteiger partial charge in [0.2, 0.25) is 5.91 Å². The van der Waals surface area contributed by atoms with Crippen LogP contribution in [0.25, 0.3) is 5.32 Å². The molecule has 9 heteroatoms. The summed E-state index contributed by atoms with van der Waals surface area (Å²) in [5.74, 6) is 0.915. The second-order valence-corrected chi connectivity index (χ2v) is 6.46. The molecular formula is C14H24N3O3S2Tc+. The zero-order valence-corrected chi connectivity index (χ0v) is 17.0. The molecule has 0 aromatic heterocycles. The Morgan fingerprint density at radius 2 is 2.00 bits per heavy atom. The van der Waals surface area contributed by atoms with Gasteiger partial charge in [-0.1, -0.05) is 0 Å². The van der Waals surface area contributed by atoms with E-state index < -0.39 is 0 Å².